The van der Waals surface area contributed by atoms with Crippen LogP contribution in [-0.4, -0.2) is 37.1 Å². The highest BCUT2D eigenvalue weighted by Gasteiger charge is 2.23. The van der Waals surface area contributed by atoms with Crippen molar-refractivity contribution in [3.63, 3.8) is 0 Å². The summed E-state index contributed by atoms with van der Waals surface area (Å²) in [6.07, 6.45) is 0.464. The lowest BCUT2D eigenvalue weighted by Gasteiger charge is -2.20. The third-order valence-corrected chi connectivity index (χ3v) is 2.74. The van der Waals surface area contributed by atoms with E-state index in [1.165, 1.54) is 0 Å². The molecule has 1 N–H and O–H groups in total. The number of benzene rings is 1. The molecule has 0 aromatic heterocycles. The molecule has 0 fully saturated rings. The fourth-order valence-electron chi connectivity index (χ4n) is 1.89. The van der Waals surface area contributed by atoms with E-state index in [0.717, 1.165) is 18.8 Å². The van der Waals surface area contributed by atoms with Crippen molar-refractivity contribution in [2.75, 3.05) is 24.6 Å². The number of rotatable bonds is 4. The molecule has 1 aliphatic rings. The molecule has 0 radical (unpaired) electrons. The minimum atomic E-state index is -1.25. The van der Waals surface area contributed by atoms with E-state index >= 15 is 0 Å². The van der Waals surface area contributed by atoms with Crippen molar-refractivity contribution < 1.29 is 14.6 Å². The highest BCUT2D eigenvalue weighted by Crippen LogP contribution is 2.27. The number of esters is 1. The second-order valence-electron chi connectivity index (χ2n) is 3.93. The molecule has 0 saturated carbocycles. The van der Waals surface area contributed by atoms with E-state index in [-0.39, 0.29) is 6.61 Å². The highest BCUT2D eigenvalue weighted by atomic mass is 16.5. The first-order chi connectivity index (χ1) is 8.74. The van der Waals surface area contributed by atoms with Gasteiger partial charge in [-0.25, -0.2) is 4.79 Å². The maximum Gasteiger partial charge on any atom is 0.339 e. The van der Waals surface area contributed by atoms with Gasteiger partial charge in [0.15, 0.2) is 6.10 Å². The molecule has 1 unspecified atom stereocenters. The number of anilines is 1. The maximum atomic E-state index is 11.6. The predicted molar refractivity (Wildman–Crippen MR) is 68.7 cm³/mol. The summed E-state index contributed by atoms with van der Waals surface area (Å²) in [6, 6.07) is 7.23. The van der Waals surface area contributed by atoms with Gasteiger partial charge in [-0.2, -0.15) is 0 Å². The summed E-state index contributed by atoms with van der Waals surface area (Å²) in [7, 11) is 0. The molecular formula is C13H16N2O3. The summed E-state index contributed by atoms with van der Waals surface area (Å²) >= 11 is 0. The monoisotopic (exact) mass is 248 g/mol. The number of nitrogens with zero attached hydrogens (tertiary/aromatic N) is 2. The third kappa shape index (κ3) is 2.51. The Morgan fingerprint density at radius 3 is 3.00 bits per heavy atom. The van der Waals surface area contributed by atoms with Gasteiger partial charge in [-0.15, -0.1) is 0 Å². The SMILES string of the molecule is CCOC(=O)C(O)c1ccccc1N1C=NCC1. The van der Waals surface area contributed by atoms with Crippen molar-refractivity contribution in [2.24, 2.45) is 4.99 Å². The van der Waals surface area contributed by atoms with Gasteiger partial charge < -0.3 is 14.7 Å². The normalized spacial score (nSPS) is 15.8. The maximum absolute atomic E-state index is 11.6. The van der Waals surface area contributed by atoms with Crippen LogP contribution in [0.15, 0.2) is 29.3 Å². The van der Waals surface area contributed by atoms with Gasteiger partial charge in [0, 0.05) is 17.8 Å². The molecule has 96 valence electrons. The predicted octanol–water partition coefficient (Wildman–Crippen LogP) is 1.13. The number of para-hydroxylation sites is 1. The van der Waals surface area contributed by atoms with Crippen molar-refractivity contribution in [3.05, 3.63) is 29.8 Å². The molecule has 1 aromatic carbocycles. The standard InChI is InChI=1S/C13H16N2O3/c1-2-18-13(17)12(16)10-5-3-4-6-11(10)15-8-7-14-9-15/h3-6,9,12,16H,2,7-8H2,1H3. The van der Waals surface area contributed by atoms with Gasteiger partial charge in [0.2, 0.25) is 0 Å². The molecule has 0 aliphatic carbocycles. The van der Waals surface area contributed by atoms with Crippen LogP contribution in [0.5, 0.6) is 0 Å². The molecule has 2 rings (SSSR count). The zero-order valence-corrected chi connectivity index (χ0v) is 10.2. The number of aliphatic hydroxyl groups is 1. The average molecular weight is 248 g/mol. The molecule has 18 heavy (non-hydrogen) atoms. The summed E-state index contributed by atoms with van der Waals surface area (Å²) in [4.78, 5) is 17.6. The summed E-state index contributed by atoms with van der Waals surface area (Å²) in [5.41, 5.74) is 1.34. The molecule has 0 amide bonds. The fourth-order valence-corrected chi connectivity index (χ4v) is 1.89. The first kappa shape index (κ1) is 12.6. The van der Waals surface area contributed by atoms with Crippen molar-refractivity contribution in [1.82, 2.24) is 0 Å². The van der Waals surface area contributed by atoms with E-state index in [1.807, 2.05) is 17.0 Å². The van der Waals surface area contributed by atoms with Crippen LogP contribution < -0.4 is 4.90 Å². The smallest absolute Gasteiger partial charge is 0.339 e. The van der Waals surface area contributed by atoms with Crippen LogP contribution in [0.25, 0.3) is 0 Å². The first-order valence-corrected chi connectivity index (χ1v) is 5.94. The Morgan fingerprint density at radius 2 is 2.33 bits per heavy atom. The van der Waals surface area contributed by atoms with Gasteiger partial charge in [-0.1, -0.05) is 18.2 Å². The van der Waals surface area contributed by atoms with Crippen LogP contribution in [0.2, 0.25) is 0 Å². The van der Waals surface area contributed by atoms with E-state index in [0.29, 0.717) is 5.56 Å². The zero-order valence-electron chi connectivity index (χ0n) is 10.2. The van der Waals surface area contributed by atoms with Crippen LogP contribution in [-0.2, 0) is 9.53 Å². The van der Waals surface area contributed by atoms with Crippen LogP contribution in [0.4, 0.5) is 5.69 Å². The minimum absolute atomic E-state index is 0.253. The second-order valence-corrected chi connectivity index (χ2v) is 3.93. The molecule has 0 bridgehead atoms. The molecular weight excluding hydrogens is 232 g/mol. The lowest BCUT2D eigenvalue weighted by Crippen LogP contribution is -2.23. The summed E-state index contributed by atoms with van der Waals surface area (Å²) in [5.74, 6) is -0.624. The van der Waals surface area contributed by atoms with Gasteiger partial charge in [0.25, 0.3) is 0 Å². The number of ether oxygens (including phenoxy) is 1. The Hall–Kier alpha value is -1.88. The van der Waals surface area contributed by atoms with Gasteiger partial charge in [0.05, 0.1) is 19.5 Å². The van der Waals surface area contributed by atoms with Crippen LogP contribution in [0.3, 0.4) is 0 Å². The van der Waals surface area contributed by atoms with Gasteiger partial charge >= 0.3 is 5.97 Å². The molecule has 5 heteroatoms. The highest BCUT2D eigenvalue weighted by molar-refractivity contribution is 5.86. The Morgan fingerprint density at radius 1 is 1.56 bits per heavy atom. The number of aliphatic hydroxyl groups excluding tert-OH is 1. The number of carbonyl (C=O) groups is 1. The molecule has 1 aliphatic heterocycles. The lowest BCUT2D eigenvalue weighted by atomic mass is 10.1. The van der Waals surface area contributed by atoms with Crippen molar-refractivity contribution in [3.8, 4) is 0 Å². The largest absolute Gasteiger partial charge is 0.464 e. The molecule has 0 spiro atoms. The average Bonchev–Trinajstić information content (AvgIpc) is 2.92. The van der Waals surface area contributed by atoms with E-state index in [9.17, 15) is 9.90 Å². The summed E-state index contributed by atoms with van der Waals surface area (Å²) in [5, 5.41) is 10.0. The van der Waals surface area contributed by atoms with E-state index < -0.39 is 12.1 Å². The minimum Gasteiger partial charge on any atom is -0.464 e. The van der Waals surface area contributed by atoms with Gasteiger partial charge in [0.1, 0.15) is 0 Å². The van der Waals surface area contributed by atoms with Gasteiger partial charge in [-0.3, -0.25) is 4.99 Å². The molecule has 1 heterocycles. The number of carbonyl (C=O) groups excluding carboxylic acids is 1. The molecule has 1 atom stereocenters. The Kier molecular flexibility index (Phi) is 3.94. The first-order valence-electron chi connectivity index (χ1n) is 5.94. The van der Waals surface area contributed by atoms with Crippen molar-refractivity contribution >= 4 is 18.0 Å². The Labute approximate surface area is 106 Å². The lowest BCUT2D eigenvalue weighted by molar-refractivity contribution is -0.153. The van der Waals surface area contributed by atoms with Crippen molar-refractivity contribution in [2.45, 2.75) is 13.0 Å². The number of hydrogen-bond donors (Lipinski definition) is 1. The Bertz CT molecular complexity index is 459. The second kappa shape index (κ2) is 5.64. The van der Waals surface area contributed by atoms with E-state index in [1.54, 1.807) is 25.4 Å². The third-order valence-electron chi connectivity index (χ3n) is 2.74. The van der Waals surface area contributed by atoms with Crippen LogP contribution in [0.1, 0.15) is 18.6 Å². The Balaban J connectivity index is 2.26. The zero-order chi connectivity index (χ0) is 13.0. The molecule has 5 nitrogen and oxygen atoms in total. The topological polar surface area (TPSA) is 62.1 Å². The van der Waals surface area contributed by atoms with Crippen molar-refractivity contribution in [1.29, 1.82) is 0 Å². The molecule has 1 aromatic rings. The van der Waals surface area contributed by atoms with E-state index in [4.69, 9.17) is 4.74 Å². The van der Waals surface area contributed by atoms with E-state index in [2.05, 4.69) is 4.99 Å². The summed E-state index contributed by atoms with van der Waals surface area (Å²) in [6.45, 7) is 3.45. The number of aliphatic imine (C=N–C) groups is 1. The fraction of sp³-hybridized carbons (Fsp3) is 0.385. The van der Waals surface area contributed by atoms with Crippen LogP contribution in [0, 0.1) is 0 Å². The number of hydrogen-bond acceptors (Lipinski definition) is 5. The quantitative estimate of drug-likeness (QED) is 0.811. The summed E-state index contributed by atoms with van der Waals surface area (Å²) < 4.78 is 4.83. The van der Waals surface area contributed by atoms with Crippen LogP contribution >= 0.6 is 0 Å². The molecule has 0 saturated heterocycles. The van der Waals surface area contributed by atoms with Gasteiger partial charge in [-0.05, 0) is 13.0 Å².